The average Bonchev–Trinajstić information content (AvgIpc) is 2.99. The van der Waals surface area contributed by atoms with Crippen molar-refractivity contribution in [3.63, 3.8) is 0 Å². The molecule has 2 amide bonds. The number of piperidine rings is 1. The van der Waals surface area contributed by atoms with Crippen LogP contribution in [0, 0.1) is 5.41 Å². The maximum absolute atomic E-state index is 12.6. The first-order valence-electron chi connectivity index (χ1n) is 8.34. The summed E-state index contributed by atoms with van der Waals surface area (Å²) in [5.74, 6) is -0.898. The summed E-state index contributed by atoms with van der Waals surface area (Å²) < 4.78 is 0. The number of nitrogens with zero attached hydrogens (tertiary/aromatic N) is 2. The molecule has 128 valence electrons. The van der Waals surface area contributed by atoms with Crippen LogP contribution in [0.15, 0.2) is 24.3 Å². The van der Waals surface area contributed by atoms with Gasteiger partial charge in [-0.15, -0.1) is 0 Å². The molecule has 2 aliphatic rings. The first kappa shape index (κ1) is 16.5. The second-order valence-corrected chi connectivity index (χ2v) is 6.89. The molecule has 0 spiro atoms. The summed E-state index contributed by atoms with van der Waals surface area (Å²) in [7, 11) is 0. The van der Waals surface area contributed by atoms with E-state index in [2.05, 4.69) is 0 Å². The zero-order valence-electron chi connectivity index (χ0n) is 13.8. The van der Waals surface area contributed by atoms with Crippen molar-refractivity contribution in [2.75, 3.05) is 24.5 Å². The standard InChI is InChI=1S/C18H22N2O4/c1-18(17(23)24)9-11-19(12-18)16(22)13-5-7-14(8-6-13)20-10-3-2-4-15(20)21/h5-8H,2-4,9-12H2,1H3,(H,23,24)/t18-/m1/s1. The smallest absolute Gasteiger partial charge is 0.311 e. The lowest BCUT2D eigenvalue weighted by molar-refractivity contribution is -0.147. The molecule has 0 unspecified atom stereocenters. The minimum atomic E-state index is -0.865. The molecule has 2 heterocycles. The third kappa shape index (κ3) is 3.00. The van der Waals surface area contributed by atoms with Crippen molar-refractivity contribution in [2.45, 2.75) is 32.6 Å². The third-order valence-electron chi connectivity index (χ3n) is 5.03. The van der Waals surface area contributed by atoms with Gasteiger partial charge in [0.2, 0.25) is 5.91 Å². The van der Waals surface area contributed by atoms with Crippen LogP contribution in [-0.4, -0.2) is 47.4 Å². The quantitative estimate of drug-likeness (QED) is 0.921. The minimum Gasteiger partial charge on any atom is -0.481 e. The van der Waals surface area contributed by atoms with Crippen molar-refractivity contribution < 1.29 is 19.5 Å². The Kier molecular flexibility index (Phi) is 4.30. The van der Waals surface area contributed by atoms with Crippen molar-refractivity contribution in [1.82, 2.24) is 4.90 Å². The molecule has 3 rings (SSSR count). The van der Waals surface area contributed by atoms with Crippen LogP contribution in [-0.2, 0) is 9.59 Å². The van der Waals surface area contributed by atoms with Crippen molar-refractivity contribution in [1.29, 1.82) is 0 Å². The number of carbonyl (C=O) groups is 3. The van der Waals surface area contributed by atoms with Gasteiger partial charge in [-0.05, 0) is 50.5 Å². The van der Waals surface area contributed by atoms with Crippen molar-refractivity contribution in [2.24, 2.45) is 5.41 Å². The number of anilines is 1. The van der Waals surface area contributed by atoms with Gasteiger partial charge in [-0.1, -0.05) is 0 Å². The molecule has 0 aliphatic carbocycles. The highest BCUT2D eigenvalue weighted by molar-refractivity contribution is 5.97. The van der Waals surface area contributed by atoms with Crippen LogP contribution in [0.4, 0.5) is 5.69 Å². The molecule has 1 aromatic rings. The van der Waals surface area contributed by atoms with Gasteiger partial charge in [0.15, 0.2) is 0 Å². The Labute approximate surface area is 141 Å². The predicted molar refractivity (Wildman–Crippen MR) is 88.9 cm³/mol. The van der Waals surface area contributed by atoms with Gasteiger partial charge < -0.3 is 14.9 Å². The molecule has 0 saturated carbocycles. The predicted octanol–water partition coefficient (Wildman–Crippen LogP) is 2.14. The first-order chi connectivity index (χ1) is 11.4. The van der Waals surface area contributed by atoms with Crippen LogP contribution in [0.1, 0.15) is 43.0 Å². The zero-order chi connectivity index (χ0) is 17.3. The van der Waals surface area contributed by atoms with Crippen LogP contribution < -0.4 is 4.90 Å². The van der Waals surface area contributed by atoms with Gasteiger partial charge in [0.05, 0.1) is 5.41 Å². The van der Waals surface area contributed by atoms with Crippen molar-refractivity contribution in [3.8, 4) is 0 Å². The van der Waals surface area contributed by atoms with E-state index in [9.17, 15) is 19.5 Å². The zero-order valence-corrected chi connectivity index (χ0v) is 13.8. The second-order valence-electron chi connectivity index (χ2n) is 6.89. The van der Waals surface area contributed by atoms with E-state index < -0.39 is 11.4 Å². The molecule has 1 aromatic carbocycles. The Bertz CT molecular complexity index is 670. The molecule has 0 radical (unpaired) electrons. The number of carboxylic acids is 1. The molecule has 0 aromatic heterocycles. The molecular weight excluding hydrogens is 308 g/mol. The molecule has 2 fully saturated rings. The number of rotatable bonds is 3. The lowest BCUT2D eigenvalue weighted by Gasteiger charge is -2.27. The van der Waals surface area contributed by atoms with E-state index in [0.717, 1.165) is 25.1 Å². The molecule has 2 aliphatic heterocycles. The molecule has 1 N–H and O–H groups in total. The summed E-state index contributed by atoms with van der Waals surface area (Å²) in [6.07, 6.45) is 2.97. The summed E-state index contributed by atoms with van der Waals surface area (Å²) in [6.45, 7) is 3.07. The molecule has 1 atom stereocenters. The van der Waals surface area contributed by atoms with Gasteiger partial charge in [0.1, 0.15) is 0 Å². The summed E-state index contributed by atoms with van der Waals surface area (Å²) in [4.78, 5) is 39.2. The SMILES string of the molecule is C[C@@]1(C(=O)O)CCN(C(=O)c2ccc(N3CCCCC3=O)cc2)C1. The minimum absolute atomic E-state index is 0.122. The maximum atomic E-state index is 12.6. The van der Waals surface area contributed by atoms with Crippen LogP contribution in [0.25, 0.3) is 0 Å². The molecule has 6 heteroatoms. The monoisotopic (exact) mass is 330 g/mol. The highest BCUT2D eigenvalue weighted by Crippen LogP contribution is 2.31. The van der Waals surface area contributed by atoms with Crippen molar-refractivity contribution in [3.05, 3.63) is 29.8 Å². The van der Waals surface area contributed by atoms with E-state index >= 15 is 0 Å². The largest absolute Gasteiger partial charge is 0.481 e. The third-order valence-corrected chi connectivity index (χ3v) is 5.03. The lowest BCUT2D eigenvalue weighted by atomic mass is 9.90. The van der Waals surface area contributed by atoms with Crippen LogP contribution in [0.5, 0.6) is 0 Å². The van der Waals surface area contributed by atoms with Crippen molar-refractivity contribution >= 4 is 23.5 Å². The van der Waals surface area contributed by atoms with Crippen LogP contribution in [0.3, 0.4) is 0 Å². The topological polar surface area (TPSA) is 77.9 Å². The van der Waals surface area contributed by atoms with Gasteiger partial charge in [-0.25, -0.2) is 0 Å². The maximum Gasteiger partial charge on any atom is 0.311 e. The van der Waals surface area contributed by atoms with E-state index in [0.29, 0.717) is 24.9 Å². The fourth-order valence-corrected chi connectivity index (χ4v) is 3.35. The molecular formula is C18H22N2O4. The average molecular weight is 330 g/mol. The number of aliphatic carboxylic acids is 1. The Balaban J connectivity index is 1.71. The lowest BCUT2D eigenvalue weighted by Crippen LogP contribution is -2.35. The fraction of sp³-hybridized carbons (Fsp3) is 0.500. The number of amides is 2. The highest BCUT2D eigenvalue weighted by atomic mass is 16.4. The summed E-state index contributed by atoms with van der Waals surface area (Å²) in [6, 6.07) is 7.03. The molecule has 0 bridgehead atoms. The van der Waals surface area contributed by atoms with E-state index in [1.165, 1.54) is 0 Å². The first-order valence-corrected chi connectivity index (χ1v) is 8.34. The number of hydrogen-bond donors (Lipinski definition) is 1. The van der Waals surface area contributed by atoms with Gasteiger partial charge in [-0.3, -0.25) is 14.4 Å². The van der Waals surface area contributed by atoms with Gasteiger partial charge in [0.25, 0.3) is 5.91 Å². The Hall–Kier alpha value is -2.37. The number of carbonyl (C=O) groups excluding carboxylic acids is 2. The van der Waals surface area contributed by atoms with Crippen LogP contribution in [0.2, 0.25) is 0 Å². The van der Waals surface area contributed by atoms with E-state index in [1.807, 2.05) is 0 Å². The Morgan fingerprint density at radius 2 is 1.83 bits per heavy atom. The summed E-state index contributed by atoms with van der Waals surface area (Å²) >= 11 is 0. The normalized spacial score (nSPS) is 24.3. The van der Waals surface area contributed by atoms with Gasteiger partial charge in [0, 0.05) is 37.3 Å². The number of likely N-dealkylation sites (tertiary alicyclic amines) is 1. The van der Waals surface area contributed by atoms with E-state index in [4.69, 9.17) is 0 Å². The van der Waals surface area contributed by atoms with Gasteiger partial charge in [-0.2, -0.15) is 0 Å². The van der Waals surface area contributed by atoms with E-state index in [-0.39, 0.29) is 18.4 Å². The Morgan fingerprint density at radius 3 is 2.42 bits per heavy atom. The molecule has 6 nitrogen and oxygen atoms in total. The molecule has 2 saturated heterocycles. The highest BCUT2D eigenvalue weighted by Gasteiger charge is 2.42. The van der Waals surface area contributed by atoms with Gasteiger partial charge >= 0.3 is 5.97 Å². The Morgan fingerprint density at radius 1 is 1.12 bits per heavy atom. The van der Waals surface area contributed by atoms with Crippen LogP contribution >= 0.6 is 0 Å². The summed E-state index contributed by atoms with van der Waals surface area (Å²) in [5, 5.41) is 9.27. The number of hydrogen-bond acceptors (Lipinski definition) is 3. The summed E-state index contributed by atoms with van der Waals surface area (Å²) in [5.41, 5.74) is 0.474. The van der Waals surface area contributed by atoms with E-state index in [1.54, 1.807) is 41.0 Å². The number of carboxylic acid groups (broad SMARTS) is 1. The number of benzene rings is 1. The second kappa shape index (κ2) is 6.26. The fourth-order valence-electron chi connectivity index (χ4n) is 3.35. The molecule has 24 heavy (non-hydrogen) atoms.